The molecule has 18 heavy (non-hydrogen) atoms. The zero-order valence-corrected chi connectivity index (χ0v) is 10.7. The first-order valence-corrected chi connectivity index (χ1v) is 6.22. The Hall–Kier alpha value is -1.59. The van der Waals surface area contributed by atoms with Crippen molar-refractivity contribution in [2.45, 2.75) is 0 Å². The molecular weight excluding hydrogens is 228 g/mol. The molecule has 0 saturated carbocycles. The molecule has 0 aromatic heterocycles. The van der Waals surface area contributed by atoms with Gasteiger partial charge in [0.2, 0.25) is 5.91 Å². The van der Waals surface area contributed by atoms with E-state index in [1.165, 1.54) is 5.69 Å². The number of hydrogen-bond acceptors (Lipinski definition) is 4. The van der Waals surface area contributed by atoms with Gasteiger partial charge in [0.15, 0.2) is 0 Å². The molecule has 0 radical (unpaired) electrons. The van der Waals surface area contributed by atoms with E-state index in [2.05, 4.69) is 22.2 Å². The van der Waals surface area contributed by atoms with Gasteiger partial charge in [0.05, 0.1) is 6.54 Å². The number of amides is 1. The summed E-state index contributed by atoms with van der Waals surface area (Å²) in [7, 11) is 2.14. The zero-order valence-electron chi connectivity index (χ0n) is 10.7. The lowest BCUT2D eigenvalue weighted by atomic mass is 10.2. The second-order valence-electron chi connectivity index (χ2n) is 4.59. The summed E-state index contributed by atoms with van der Waals surface area (Å²) in [6.07, 6.45) is 0. The lowest BCUT2D eigenvalue weighted by molar-refractivity contribution is -0.114. The highest BCUT2D eigenvalue weighted by Gasteiger charge is 2.13. The van der Waals surface area contributed by atoms with E-state index in [9.17, 15) is 4.79 Å². The first-order chi connectivity index (χ1) is 8.69. The first kappa shape index (κ1) is 12.9. The average molecular weight is 248 g/mol. The Labute approximate surface area is 108 Å². The number of carbonyl (C=O) groups is 1. The molecule has 5 nitrogen and oxygen atoms in total. The van der Waals surface area contributed by atoms with Gasteiger partial charge in [-0.15, -0.1) is 0 Å². The Morgan fingerprint density at radius 2 is 1.83 bits per heavy atom. The van der Waals surface area contributed by atoms with E-state index >= 15 is 0 Å². The lowest BCUT2D eigenvalue weighted by Gasteiger charge is -2.34. The number of carbonyl (C=O) groups excluding carboxylic acids is 1. The van der Waals surface area contributed by atoms with Crippen LogP contribution in [0.5, 0.6) is 0 Å². The molecule has 1 aromatic rings. The molecule has 2 rings (SSSR count). The molecule has 1 saturated heterocycles. The van der Waals surface area contributed by atoms with Gasteiger partial charge in [0.1, 0.15) is 0 Å². The molecule has 1 aromatic carbocycles. The minimum atomic E-state index is -0.164. The Kier molecular flexibility index (Phi) is 4.17. The van der Waals surface area contributed by atoms with E-state index in [0.717, 1.165) is 31.9 Å². The highest BCUT2D eigenvalue weighted by Crippen LogP contribution is 2.19. The molecule has 1 aliphatic rings. The molecule has 1 amide bonds. The largest absolute Gasteiger partial charge is 0.369 e. The summed E-state index contributed by atoms with van der Waals surface area (Å²) in [6, 6.07) is 7.91. The molecule has 1 fully saturated rings. The summed E-state index contributed by atoms with van der Waals surface area (Å²) < 4.78 is 0. The van der Waals surface area contributed by atoms with Crippen LogP contribution in [0.25, 0.3) is 0 Å². The summed E-state index contributed by atoms with van der Waals surface area (Å²) >= 11 is 0. The van der Waals surface area contributed by atoms with Gasteiger partial charge in [-0.05, 0) is 31.3 Å². The fraction of sp³-hybridized carbons (Fsp3) is 0.462. The molecule has 1 heterocycles. The fourth-order valence-corrected chi connectivity index (χ4v) is 2.03. The normalized spacial score (nSPS) is 16.7. The maximum absolute atomic E-state index is 11.2. The number of likely N-dealkylation sites (N-methyl/N-ethyl adjacent to an activating group) is 1. The molecular formula is C13H20N4O. The SMILES string of the molecule is CN1CCN(c2ccc(NC(=O)CN)cc2)CC1. The molecule has 0 spiro atoms. The maximum atomic E-state index is 11.2. The van der Waals surface area contributed by atoms with Crippen LogP contribution in [-0.4, -0.2) is 50.6 Å². The van der Waals surface area contributed by atoms with Crippen molar-refractivity contribution in [3.63, 3.8) is 0 Å². The molecule has 5 heteroatoms. The van der Waals surface area contributed by atoms with Crippen LogP contribution in [0.15, 0.2) is 24.3 Å². The molecule has 0 aliphatic carbocycles. The summed E-state index contributed by atoms with van der Waals surface area (Å²) in [6.45, 7) is 4.29. The maximum Gasteiger partial charge on any atom is 0.238 e. The topological polar surface area (TPSA) is 61.6 Å². The van der Waals surface area contributed by atoms with E-state index in [-0.39, 0.29) is 12.5 Å². The summed E-state index contributed by atoms with van der Waals surface area (Å²) in [5.74, 6) is -0.164. The second-order valence-corrected chi connectivity index (χ2v) is 4.59. The average Bonchev–Trinajstić information content (AvgIpc) is 2.40. The van der Waals surface area contributed by atoms with Gasteiger partial charge >= 0.3 is 0 Å². The van der Waals surface area contributed by atoms with Gasteiger partial charge in [-0.3, -0.25) is 4.79 Å². The van der Waals surface area contributed by atoms with Crippen molar-refractivity contribution >= 4 is 17.3 Å². The number of rotatable bonds is 3. The predicted molar refractivity (Wildman–Crippen MR) is 73.8 cm³/mol. The molecule has 1 aliphatic heterocycles. The minimum absolute atomic E-state index is 0.0141. The van der Waals surface area contributed by atoms with Crippen molar-refractivity contribution in [3.05, 3.63) is 24.3 Å². The number of anilines is 2. The van der Waals surface area contributed by atoms with E-state index in [1.54, 1.807) is 0 Å². The quantitative estimate of drug-likeness (QED) is 0.809. The summed E-state index contributed by atoms with van der Waals surface area (Å²) in [4.78, 5) is 15.8. The standard InChI is InChI=1S/C13H20N4O/c1-16-6-8-17(9-7-16)12-4-2-11(3-5-12)15-13(18)10-14/h2-5H,6-10,14H2,1H3,(H,15,18). The van der Waals surface area contributed by atoms with Crippen LogP contribution >= 0.6 is 0 Å². The van der Waals surface area contributed by atoms with Gasteiger partial charge in [-0.2, -0.15) is 0 Å². The van der Waals surface area contributed by atoms with Gasteiger partial charge in [-0.1, -0.05) is 0 Å². The van der Waals surface area contributed by atoms with Crippen molar-refractivity contribution in [3.8, 4) is 0 Å². The summed E-state index contributed by atoms with van der Waals surface area (Å²) in [5, 5.41) is 2.74. The first-order valence-electron chi connectivity index (χ1n) is 6.22. The zero-order chi connectivity index (χ0) is 13.0. The van der Waals surface area contributed by atoms with Gasteiger partial charge in [-0.25, -0.2) is 0 Å². The van der Waals surface area contributed by atoms with Crippen LogP contribution in [0.1, 0.15) is 0 Å². The number of nitrogens with one attached hydrogen (secondary N) is 1. The smallest absolute Gasteiger partial charge is 0.238 e. The molecule has 0 bridgehead atoms. The highest BCUT2D eigenvalue weighted by molar-refractivity contribution is 5.92. The molecule has 0 atom stereocenters. The third kappa shape index (κ3) is 3.21. The second kappa shape index (κ2) is 5.84. The molecule has 98 valence electrons. The fourth-order valence-electron chi connectivity index (χ4n) is 2.03. The van der Waals surface area contributed by atoms with Crippen molar-refractivity contribution in [2.24, 2.45) is 5.73 Å². The Morgan fingerprint density at radius 3 is 2.39 bits per heavy atom. The van der Waals surface area contributed by atoms with Crippen molar-refractivity contribution in [1.29, 1.82) is 0 Å². The van der Waals surface area contributed by atoms with Crippen LogP contribution in [-0.2, 0) is 4.79 Å². The third-order valence-corrected chi connectivity index (χ3v) is 3.20. The molecule has 0 unspecified atom stereocenters. The highest BCUT2D eigenvalue weighted by atomic mass is 16.1. The number of nitrogens with two attached hydrogens (primary N) is 1. The van der Waals surface area contributed by atoms with Gasteiger partial charge in [0, 0.05) is 37.6 Å². The number of nitrogens with zero attached hydrogens (tertiary/aromatic N) is 2. The van der Waals surface area contributed by atoms with E-state index in [1.807, 2.05) is 24.3 Å². The van der Waals surface area contributed by atoms with Crippen molar-refractivity contribution < 1.29 is 4.79 Å². The van der Waals surface area contributed by atoms with E-state index in [0.29, 0.717) is 0 Å². The Morgan fingerprint density at radius 1 is 1.22 bits per heavy atom. The van der Waals surface area contributed by atoms with Gasteiger partial charge < -0.3 is 20.9 Å². The predicted octanol–water partition coefficient (Wildman–Crippen LogP) is 0.336. The Bertz CT molecular complexity index is 396. The van der Waals surface area contributed by atoms with Crippen LogP contribution in [0.4, 0.5) is 11.4 Å². The van der Waals surface area contributed by atoms with Gasteiger partial charge in [0.25, 0.3) is 0 Å². The Balaban J connectivity index is 1.97. The van der Waals surface area contributed by atoms with Crippen molar-refractivity contribution in [2.75, 3.05) is 50.0 Å². The summed E-state index contributed by atoms with van der Waals surface area (Å²) in [5.41, 5.74) is 7.25. The van der Waals surface area contributed by atoms with Crippen LogP contribution in [0, 0.1) is 0 Å². The number of piperazine rings is 1. The lowest BCUT2D eigenvalue weighted by Crippen LogP contribution is -2.44. The van der Waals surface area contributed by atoms with Crippen LogP contribution < -0.4 is 16.0 Å². The van der Waals surface area contributed by atoms with Crippen molar-refractivity contribution in [1.82, 2.24) is 4.90 Å². The van der Waals surface area contributed by atoms with E-state index in [4.69, 9.17) is 5.73 Å². The minimum Gasteiger partial charge on any atom is -0.369 e. The third-order valence-electron chi connectivity index (χ3n) is 3.20. The van der Waals surface area contributed by atoms with E-state index < -0.39 is 0 Å². The number of hydrogen-bond donors (Lipinski definition) is 2. The monoisotopic (exact) mass is 248 g/mol. The number of benzene rings is 1. The van der Waals surface area contributed by atoms with Crippen LogP contribution in [0.3, 0.4) is 0 Å². The van der Waals surface area contributed by atoms with Crippen LogP contribution in [0.2, 0.25) is 0 Å². The molecule has 3 N–H and O–H groups in total.